The topological polar surface area (TPSA) is 22.1 Å². The first-order chi connectivity index (χ1) is 6.45. The fourth-order valence-electron chi connectivity index (χ4n) is 0.984. The number of ether oxygens (including phenoxy) is 1. The van der Waals surface area contributed by atoms with E-state index in [0.717, 1.165) is 11.5 Å². The van der Waals surface area contributed by atoms with E-state index in [9.17, 15) is 0 Å². The smallest absolute Gasteiger partial charge is 0.145 e. The maximum atomic E-state index is 5.48. The number of pyridine rings is 1. The summed E-state index contributed by atoms with van der Waals surface area (Å²) in [5.41, 5.74) is 0. The highest BCUT2D eigenvalue weighted by Crippen LogP contribution is 2.18. The summed E-state index contributed by atoms with van der Waals surface area (Å²) >= 11 is 0. The first-order valence-corrected chi connectivity index (χ1v) is 3.99. The summed E-state index contributed by atoms with van der Waals surface area (Å²) in [4.78, 5) is 3.95. The predicted molar refractivity (Wildman–Crippen MR) is 49.6 cm³/mol. The quantitative estimate of drug-likeness (QED) is 0.691. The minimum Gasteiger partial charge on any atom is -0.456 e. The van der Waals surface area contributed by atoms with Crippen LogP contribution in [0.2, 0.25) is 0 Å². The lowest BCUT2D eigenvalue weighted by molar-refractivity contribution is 0.480. The second kappa shape index (κ2) is 3.72. The first-order valence-electron chi connectivity index (χ1n) is 3.99. The third kappa shape index (κ3) is 2.06. The standard InChI is InChI=1S/C11H8NO/c1-2-5-10(6-3-1)13-11-7-4-8-12-9-11/h1-2,4-9H. The Hall–Kier alpha value is -1.83. The van der Waals surface area contributed by atoms with Crippen molar-refractivity contribution in [2.45, 2.75) is 0 Å². The third-order valence-electron chi connectivity index (χ3n) is 1.55. The summed E-state index contributed by atoms with van der Waals surface area (Å²) in [6.45, 7) is 0. The Labute approximate surface area is 76.8 Å². The summed E-state index contributed by atoms with van der Waals surface area (Å²) in [7, 11) is 0. The van der Waals surface area contributed by atoms with Gasteiger partial charge >= 0.3 is 0 Å². The Morgan fingerprint density at radius 1 is 1.15 bits per heavy atom. The highest BCUT2D eigenvalue weighted by molar-refractivity contribution is 5.27. The largest absolute Gasteiger partial charge is 0.456 e. The van der Waals surface area contributed by atoms with Gasteiger partial charge in [-0.3, -0.25) is 4.98 Å². The van der Waals surface area contributed by atoms with Crippen molar-refractivity contribution in [3.05, 3.63) is 54.9 Å². The van der Waals surface area contributed by atoms with Gasteiger partial charge in [0.1, 0.15) is 11.5 Å². The fourth-order valence-corrected chi connectivity index (χ4v) is 0.984. The maximum absolute atomic E-state index is 5.48. The molecule has 0 aliphatic carbocycles. The molecule has 0 saturated heterocycles. The fraction of sp³-hybridized carbons (Fsp3) is 0. The van der Waals surface area contributed by atoms with Crippen LogP contribution in [0, 0.1) is 6.07 Å². The molecule has 13 heavy (non-hydrogen) atoms. The Bertz CT molecular complexity index is 321. The van der Waals surface area contributed by atoms with Crippen LogP contribution in [0.15, 0.2) is 48.8 Å². The van der Waals surface area contributed by atoms with Gasteiger partial charge in [-0.2, -0.15) is 0 Å². The molecule has 0 bridgehead atoms. The Balaban J connectivity index is 2.16. The molecule has 0 saturated carbocycles. The van der Waals surface area contributed by atoms with Gasteiger partial charge < -0.3 is 4.74 Å². The van der Waals surface area contributed by atoms with Gasteiger partial charge in [0.2, 0.25) is 0 Å². The molecule has 2 nitrogen and oxygen atoms in total. The van der Waals surface area contributed by atoms with E-state index in [0.29, 0.717) is 0 Å². The van der Waals surface area contributed by atoms with Gasteiger partial charge in [0.05, 0.1) is 6.20 Å². The SMILES string of the molecule is [c]1cccc(Oc2cccnc2)c1. The highest BCUT2D eigenvalue weighted by Gasteiger charge is 1.93. The van der Waals surface area contributed by atoms with Crippen molar-refractivity contribution in [1.29, 1.82) is 0 Å². The van der Waals surface area contributed by atoms with E-state index in [1.165, 1.54) is 0 Å². The molecule has 1 aromatic heterocycles. The van der Waals surface area contributed by atoms with Crippen LogP contribution in [-0.2, 0) is 0 Å². The second-order valence-corrected chi connectivity index (χ2v) is 2.53. The Morgan fingerprint density at radius 3 is 2.77 bits per heavy atom. The van der Waals surface area contributed by atoms with Gasteiger partial charge in [0.15, 0.2) is 0 Å². The summed E-state index contributed by atoms with van der Waals surface area (Å²) < 4.78 is 5.48. The molecule has 0 amide bonds. The molecule has 1 heterocycles. The number of rotatable bonds is 2. The maximum Gasteiger partial charge on any atom is 0.145 e. The Morgan fingerprint density at radius 2 is 2.08 bits per heavy atom. The molecule has 2 aromatic rings. The summed E-state index contributed by atoms with van der Waals surface area (Å²) in [6, 6.07) is 14.0. The monoisotopic (exact) mass is 170 g/mol. The molecule has 0 atom stereocenters. The van der Waals surface area contributed by atoms with Crippen molar-refractivity contribution in [2.75, 3.05) is 0 Å². The van der Waals surface area contributed by atoms with E-state index in [1.54, 1.807) is 18.5 Å². The molecular weight excluding hydrogens is 162 g/mol. The molecular formula is C11H8NO. The highest BCUT2D eigenvalue weighted by atomic mass is 16.5. The predicted octanol–water partition coefficient (Wildman–Crippen LogP) is 2.67. The van der Waals surface area contributed by atoms with Gasteiger partial charge in [0.25, 0.3) is 0 Å². The van der Waals surface area contributed by atoms with Gasteiger partial charge in [-0.25, -0.2) is 0 Å². The Kier molecular flexibility index (Phi) is 2.23. The zero-order chi connectivity index (χ0) is 8.93. The van der Waals surface area contributed by atoms with Crippen molar-refractivity contribution in [1.82, 2.24) is 4.98 Å². The lowest BCUT2D eigenvalue weighted by atomic mass is 10.3. The van der Waals surface area contributed by atoms with Crippen molar-refractivity contribution in [3.63, 3.8) is 0 Å². The van der Waals surface area contributed by atoms with Crippen LogP contribution in [0.25, 0.3) is 0 Å². The number of hydrogen-bond acceptors (Lipinski definition) is 2. The van der Waals surface area contributed by atoms with Gasteiger partial charge in [-0.05, 0) is 30.3 Å². The molecule has 63 valence electrons. The molecule has 1 radical (unpaired) electrons. The van der Waals surface area contributed by atoms with Gasteiger partial charge in [-0.15, -0.1) is 0 Å². The van der Waals surface area contributed by atoms with Crippen LogP contribution < -0.4 is 4.74 Å². The van der Waals surface area contributed by atoms with Crippen LogP contribution in [0.5, 0.6) is 11.5 Å². The van der Waals surface area contributed by atoms with E-state index in [2.05, 4.69) is 11.1 Å². The zero-order valence-corrected chi connectivity index (χ0v) is 6.97. The number of hydrogen-bond donors (Lipinski definition) is 0. The van der Waals surface area contributed by atoms with Crippen LogP contribution in [0.3, 0.4) is 0 Å². The van der Waals surface area contributed by atoms with E-state index >= 15 is 0 Å². The van der Waals surface area contributed by atoms with E-state index < -0.39 is 0 Å². The number of aromatic nitrogens is 1. The third-order valence-corrected chi connectivity index (χ3v) is 1.55. The van der Waals surface area contributed by atoms with Gasteiger partial charge in [0, 0.05) is 6.20 Å². The molecule has 0 spiro atoms. The van der Waals surface area contributed by atoms with Crippen LogP contribution >= 0.6 is 0 Å². The van der Waals surface area contributed by atoms with Crippen LogP contribution in [-0.4, -0.2) is 4.98 Å². The van der Waals surface area contributed by atoms with Crippen LogP contribution in [0.4, 0.5) is 0 Å². The number of nitrogens with zero attached hydrogens (tertiary/aromatic N) is 1. The summed E-state index contributed by atoms with van der Waals surface area (Å²) in [5, 5.41) is 0. The zero-order valence-electron chi connectivity index (χ0n) is 6.97. The summed E-state index contributed by atoms with van der Waals surface area (Å²) in [5.74, 6) is 1.51. The minimum absolute atomic E-state index is 0.738. The molecule has 0 aliphatic rings. The molecule has 0 unspecified atom stereocenters. The molecule has 0 N–H and O–H groups in total. The van der Waals surface area contributed by atoms with Crippen molar-refractivity contribution in [3.8, 4) is 11.5 Å². The first kappa shape index (κ1) is 7.80. The molecule has 1 aromatic carbocycles. The normalized spacial score (nSPS) is 9.54. The van der Waals surface area contributed by atoms with Crippen molar-refractivity contribution in [2.24, 2.45) is 0 Å². The molecule has 2 heteroatoms. The lowest BCUT2D eigenvalue weighted by Gasteiger charge is -2.02. The average Bonchev–Trinajstić information content (AvgIpc) is 2.21. The molecule has 0 fully saturated rings. The summed E-state index contributed by atoms with van der Waals surface area (Å²) in [6.07, 6.45) is 3.39. The van der Waals surface area contributed by atoms with E-state index in [1.807, 2.05) is 30.3 Å². The second-order valence-electron chi connectivity index (χ2n) is 2.53. The van der Waals surface area contributed by atoms with Gasteiger partial charge in [-0.1, -0.05) is 12.1 Å². The van der Waals surface area contributed by atoms with Crippen LogP contribution in [0.1, 0.15) is 0 Å². The van der Waals surface area contributed by atoms with E-state index in [-0.39, 0.29) is 0 Å². The number of benzene rings is 1. The molecule has 2 rings (SSSR count). The van der Waals surface area contributed by atoms with E-state index in [4.69, 9.17) is 4.74 Å². The van der Waals surface area contributed by atoms with Crippen molar-refractivity contribution < 1.29 is 4.74 Å². The van der Waals surface area contributed by atoms with Crippen molar-refractivity contribution >= 4 is 0 Å². The minimum atomic E-state index is 0.738. The molecule has 0 aliphatic heterocycles. The lowest BCUT2D eigenvalue weighted by Crippen LogP contribution is -1.83. The average molecular weight is 170 g/mol.